The largest absolute Gasteiger partial charge is 0.489 e. The average Bonchev–Trinajstić information content (AvgIpc) is 3.36. The first-order chi connectivity index (χ1) is 16.1. The van der Waals surface area contributed by atoms with Gasteiger partial charge in [0.05, 0.1) is 17.4 Å². The number of nitrogens with one attached hydrogen (secondary N) is 2. The normalized spacial score (nSPS) is 15.1. The molecule has 1 aliphatic rings. The Kier molecular flexibility index (Phi) is 7.60. The van der Waals surface area contributed by atoms with Crippen molar-refractivity contribution < 1.29 is 19.1 Å². The molecule has 0 bridgehead atoms. The predicted molar refractivity (Wildman–Crippen MR) is 128 cm³/mol. The van der Waals surface area contributed by atoms with Crippen LogP contribution in [0.2, 0.25) is 5.02 Å². The van der Waals surface area contributed by atoms with Gasteiger partial charge in [0.2, 0.25) is 0 Å². The first-order valence-electron chi connectivity index (χ1n) is 10.9. The van der Waals surface area contributed by atoms with Crippen molar-refractivity contribution in [2.75, 3.05) is 18.5 Å². The molecule has 33 heavy (non-hydrogen) atoms. The van der Waals surface area contributed by atoms with E-state index in [1.807, 2.05) is 18.2 Å². The third-order valence-corrected chi connectivity index (χ3v) is 5.75. The van der Waals surface area contributed by atoms with E-state index in [1.54, 1.807) is 54.6 Å². The highest BCUT2D eigenvalue weighted by molar-refractivity contribution is 6.31. The van der Waals surface area contributed by atoms with Crippen LogP contribution in [-0.2, 0) is 11.3 Å². The lowest BCUT2D eigenvalue weighted by atomic mass is 10.1. The smallest absolute Gasteiger partial charge is 0.255 e. The van der Waals surface area contributed by atoms with E-state index >= 15 is 0 Å². The van der Waals surface area contributed by atoms with Crippen LogP contribution in [0, 0.1) is 0 Å². The summed E-state index contributed by atoms with van der Waals surface area (Å²) in [5.74, 6) is -0.0408. The summed E-state index contributed by atoms with van der Waals surface area (Å²) in [6.45, 7) is 1.47. The van der Waals surface area contributed by atoms with Crippen molar-refractivity contribution in [1.82, 2.24) is 5.32 Å². The summed E-state index contributed by atoms with van der Waals surface area (Å²) >= 11 is 6.18. The molecule has 4 rings (SSSR count). The molecule has 0 aliphatic carbocycles. The summed E-state index contributed by atoms with van der Waals surface area (Å²) in [6, 6.07) is 21.2. The first-order valence-corrected chi connectivity index (χ1v) is 11.2. The Balaban J connectivity index is 1.40. The average molecular weight is 465 g/mol. The van der Waals surface area contributed by atoms with Gasteiger partial charge in [-0.25, -0.2) is 0 Å². The zero-order chi connectivity index (χ0) is 23.0. The monoisotopic (exact) mass is 464 g/mol. The van der Waals surface area contributed by atoms with E-state index in [4.69, 9.17) is 21.1 Å². The predicted octanol–water partition coefficient (Wildman–Crippen LogP) is 5.08. The molecule has 0 saturated carbocycles. The number of anilines is 1. The van der Waals surface area contributed by atoms with Gasteiger partial charge in [-0.05, 0) is 49.2 Å². The van der Waals surface area contributed by atoms with Crippen LogP contribution in [0.5, 0.6) is 5.75 Å². The molecule has 6 nitrogen and oxygen atoms in total. The number of ether oxygens (including phenoxy) is 2. The molecule has 0 spiro atoms. The van der Waals surface area contributed by atoms with Gasteiger partial charge in [-0.3, -0.25) is 9.59 Å². The summed E-state index contributed by atoms with van der Waals surface area (Å²) in [7, 11) is 0. The molecule has 1 aliphatic heterocycles. The van der Waals surface area contributed by atoms with Crippen molar-refractivity contribution in [3.63, 3.8) is 0 Å². The molecule has 170 valence electrons. The number of halogens is 1. The Morgan fingerprint density at radius 1 is 1.00 bits per heavy atom. The summed E-state index contributed by atoms with van der Waals surface area (Å²) in [4.78, 5) is 25.6. The van der Waals surface area contributed by atoms with E-state index in [0.29, 0.717) is 40.7 Å². The topological polar surface area (TPSA) is 76.7 Å². The van der Waals surface area contributed by atoms with Gasteiger partial charge in [-0.1, -0.05) is 48.0 Å². The summed E-state index contributed by atoms with van der Waals surface area (Å²) in [6.07, 6.45) is 1.99. The first kappa shape index (κ1) is 22.8. The number of hydrogen-bond donors (Lipinski definition) is 2. The van der Waals surface area contributed by atoms with E-state index in [0.717, 1.165) is 25.0 Å². The minimum Gasteiger partial charge on any atom is -0.489 e. The van der Waals surface area contributed by atoms with Crippen LogP contribution >= 0.6 is 11.6 Å². The van der Waals surface area contributed by atoms with Crippen molar-refractivity contribution in [2.24, 2.45) is 0 Å². The van der Waals surface area contributed by atoms with Crippen LogP contribution in [0.25, 0.3) is 0 Å². The third-order valence-electron chi connectivity index (χ3n) is 5.38. The number of rotatable bonds is 8. The van der Waals surface area contributed by atoms with E-state index in [1.165, 1.54) is 0 Å². The van der Waals surface area contributed by atoms with Gasteiger partial charge in [0.15, 0.2) is 0 Å². The summed E-state index contributed by atoms with van der Waals surface area (Å²) in [5.41, 5.74) is 2.11. The molecule has 7 heteroatoms. The zero-order valence-corrected chi connectivity index (χ0v) is 18.8. The fourth-order valence-electron chi connectivity index (χ4n) is 3.60. The molecule has 3 aromatic rings. The number of carbonyl (C=O) groups is 2. The van der Waals surface area contributed by atoms with E-state index in [9.17, 15) is 9.59 Å². The van der Waals surface area contributed by atoms with Gasteiger partial charge >= 0.3 is 0 Å². The Morgan fingerprint density at radius 2 is 1.82 bits per heavy atom. The number of amides is 2. The van der Waals surface area contributed by atoms with Crippen LogP contribution in [0.3, 0.4) is 0 Å². The van der Waals surface area contributed by atoms with Crippen molar-refractivity contribution in [3.05, 3.63) is 94.5 Å². The molecule has 3 aromatic carbocycles. The molecular formula is C26H25ClN2O4. The molecule has 1 atom stereocenters. The van der Waals surface area contributed by atoms with Crippen LogP contribution in [0.1, 0.15) is 39.1 Å². The Bertz CT molecular complexity index is 1130. The van der Waals surface area contributed by atoms with Gasteiger partial charge in [0, 0.05) is 29.3 Å². The van der Waals surface area contributed by atoms with E-state index in [2.05, 4.69) is 10.6 Å². The minimum atomic E-state index is -0.336. The molecule has 0 radical (unpaired) electrons. The zero-order valence-electron chi connectivity index (χ0n) is 18.1. The maximum atomic E-state index is 12.9. The fourth-order valence-corrected chi connectivity index (χ4v) is 3.79. The standard InChI is InChI=1S/C26H25ClN2O4/c27-23-12-3-1-7-19(23)17-33-20-9-5-8-18(15-20)25(30)29-24-13-4-2-11-22(24)26(31)28-16-21-10-6-14-32-21/h1-5,7-9,11-13,15,21H,6,10,14,16-17H2,(H,28,31)(H,29,30)/t21-/m1/s1. The molecule has 0 aromatic heterocycles. The quantitative estimate of drug-likeness (QED) is 0.487. The van der Waals surface area contributed by atoms with Crippen molar-refractivity contribution in [3.8, 4) is 5.75 Å². The van der Waals surface area contributed by atoms with Gasteiger partial charge in [0.25, 0.3) is 11.8 Å². The minimum absolute atomic E-state index is 0.0456. The van der Waals surface area contributed by atoms with Crippen LogP contribution < -0.4 is 15.4 Å². The van der Waals surface area contributed by atoms with Crippen LogP contribution in [0.15, 0.2) is 72.8 Å². The SMILES string of the molecule is O=C(Nc1ccccc1C(=O)NC[C@H]1CCCO1)c1cccc(OCc2ccccc2Cl)c1. The molecule has 1 saturated heterocycles. The van der Waals surface area contributed by atoms with Gasteiger partial charge in [-0.15, -0.1) is 0 Å². The molecule has 2 amide bonds. The molecule has 0 unspecified atom stereocenters. The molecule has 2 N–H and O–H groups in total. The van der Waals surface area contributed by atoms with Gasteiger partial charge < -0.3 is 20.1 Å². The lowest BCUT2D eigenvalue weighted by Crippen LogP contribution is -2.32. The number of hydrogen-bond acceptors (Lipinski definition) is 4. The van der Waals surface area contributed by atoms with Crippen LogP contribution in [0.4, 0.5) is 5.69 Å². The van der Waals surface area contributed by atoms with Crippen LogP contribution in [-0.4, -0.2) is 31.1 Å². The Labute approximate surface area is 197 Å². The lowest BCUT2D eigenvalue weighted by molar-refractivity contribution is 0.0858. The number of para-hydroxylation sites is 1. The highest BCUT2D eigenvalue weighted by Gasteiger charge is 2.19. The molecule has 1 heterocycles. The lowest BCUT2D eigenvalue weighted by Gasteiger charge is -2.14. The Hall–Kier alpha value is -3.35. The van der Waals surface area contributed by atoms with E-state index < -0.39 is 0 Å². The van der Waals surface area contributed by atoms with E-state index in [-0.39, 0.29) is 17.9 Å². The summed E-state index contributed by atoms with van der Waals surface area (Å²) < 4.78 is 11.4. The van der Waals surface area contributed by atoms with Crippen molar-refractivity contribution >= 4 is 29.1 Å². The second-order valence-corrected chi connectivity index (χ2v) is 8.16. The van der Waals surface area contributed by atoms with Crippen molar-refractivity contribution in [1.29, 1.82) is 0 Å². The summed E-state index contributed by atoms with van der Waals surface area (Å²) in [5, 5.41) is 6.36. The molecular weight excluding hydrogens is 440 g/mol. The maximum absolute atomic E-state index is 12.9. The number of carbonyl (C=O) groups excluding carboxylic acids is 2. The third kappa shape index (κ3) is 6.12. The van der Waals surface area contributed by atoms with Gasteiger partial charge in [-0.2, -0.15) is 0 Å². The highest BCUT2D eigenvalue weighted by atomic mass is 35.5. The number of benzene rings is 3. The second-order valence-electron chi connectivity index (χ2n) is 7.75. The Morgan fingerprint density at radius 3 is 2.64 bits per heavy atom. The highest BCUT2D eigenvalue weighted by Crippen LogP contribution is 2.21. The molecule has 1 fully saturated rings. The maximum Gasteiger partial charge on any atom is 0.255 e. The van der Waals surface area contributed by atoms with Crippen molar-refractivity contribution in [2.45, 2.75) is 25.6 Å². The fraction of sp³-hybridized carbons (Fsp3) is 0.231. The second kappa shape index (κ2) is 11.0. The van der Waals surface area contributed by atoms with Gasteiger partial charge in [0.1, 0.15) is 12.4 Å².